The lowest BCUT2D eigenvalue weighted by atomic mass is 10.1. The fourth-order valence-corrected chi connectivity index (χ4v) is 4.13. The first-order valence-electron chi connectivity index (χ1n) is 8.39. The van der Waals surface area contributed by atoms with E-state index in [4.69, 9.17) is 0 Å². The number of nitrogens with one attached hydrogen (secondary N) is 2. The van der Waals surface area contributed by atoms with Gasteiger partial charge in [0.25, 0.3) is 11.5 Å². The molecule has 1 amide bonds. The maximum absolute atomic E-state index is 12.7. The Labute approximate surface area is 168 Å². The SMILES string of the molecule is CN(Cc1nc2ccsc2c(=O)[nH]1)C(=O)c1ccc(CSc2ncn[nH]2)cc1. The molecule has 2 N–H and O–H groups in total. The first-order valence-corrected chi connectivity index (χ1v) is 10.3. The number of carbonyl (C=O) groups is 1. The molecule has 0 aliphatic heterocycles. The van der Waals surface area contributed by atoms with Crippen LogP contribution in [0.3, 0.4) is 0 Å². The molecular formula is C18H16N6O2S2. The number of benzene rings is 1. The van der Waals surface area contributed by atoms with Gasteiger partial charge in [0.2, 0.25) is 0 Å². The molecule has 3 heterocycles. The second-order valence-corrected chi connectivity index (χ2v) is 7.97. The number of hydrogen-bond donors (Lipinski definition) is 2. The van der Waals surface area contributed by atoms with Crippen LogP contribution >= 0.6 is 23.1 Å². The minimum atomic E-state index is -0.176. The molecule has 0 fully saturated rings. The summed E-state index contributed by atoms with van der Waals surface area (Å²) in [5.74, 6) is 1.06. The summed E-state index contributed by atoms with van der Waals surface area (Å²) in [5.41, 5.74) is 2.13. The third-order valence-corrected chi connectivity index (χ3v) is 5.92. The summed E-state index contributed by atoms with van der Waals surface area (Å²) < 4.78 is 0.594. The van der Waals surface area contributed by atoms with Gasteiger partial charge in [-0.05, 0) is 29.1 Å². The van der Waals surface area contributed by atoms with Gasteiger partial charge in [0.15, 0.2) is 5.16 Å². The first kappa shape index (κ1) is 18.4. The summed E-state index contributed by atoms with van der Waals surface area (Å²) in [4.78, 5) is 37.5. The average molecular weight is 413 g/mol. The van der Waals surface area contributed by atoms with Crippen molar-refractivity contribution in [2.24, 2.45) is 0 Å². The molecule has 1 aromatic carbocycles. The van der Waals surface area contributed by atoms with E-state index >= 15 is 0 Å². The van der Waals surface area contributed by atoms with Gasteiger partial charge in [0.1, 0.15) is 16.9 Å². The van der Waals surface area contributed by atoms with Crippen LogP contribution in [0, 0.1) is 0 Å². The van der Waals surface area contributed by atoms with Gasteiger partial charge in [-0.2, -0.15) is 5.10 Å². The van der Waals surface area contributed by atoms with E-state index in [-0.39, 0.29) is 18.0 Å². The third kappa shape index (κ3) is 3.97. The average Bonchev–Trinajstić information content (AvgIpc) is 3.38. The molecule has 4 aromatic rings. The van der Waals surface area contributed by atoms with Crippen molar-refractivity contribution < 1.29 is 4.79 Å². The van der Waals surface area contributed by atoms with Crippen LogP contribution in [-0.2, 0) is 12.3 Å². The molecule has 0 saturated carbocycles. The van der Waals surface area contributed by atoms with Crippen LogP contribution in [0.25, 0.3) is 10.2 Å². The van der Waals surface area contributed by atoms with E-state index in [9.17, 15) is 9.59 Å². The highest BCUT2D eigenvalue weighted by Gasteiger charge is 2.14. The highest BCUT2D eigenvalue weighted by atomic mass is 32.2. The van der Waals surface area contributed by atoms with E-state index in [1.807, 2.05) is 17.5 Å². The summed E-state index contributed by atoms with van der Waals surface area (Å²) in [7, 11) is 1.69. The molecule has 0 atom stereocenters. The van der Waals surface area contributed by atoms with Crippen LogP contribution in [0.4, 0.5) is 0 Å². The lowest BCUT2D eigenvalue weighted by Crippen LogP contribution is -2.28. The van der Waals surface area contributed by atoms with Gasteiger partial charge in [-0.25, -0.2) is 9.97 Å². The Balaban J connectivity index is 1.41. The molecule has 3 aromatic heterocycles. The van der Waals surface area contributed by atoms with Crippen LogP contribution in [0.15, 0.2) is 52.0 Å². The number of H-pyrrole nitrogens is 2. The number of nitrogens with zero attached hydrogens (tertiary/aromatic N) is 4. The van der Waals surface area contributed by atoms with Gasteiger partial charge >= 0.3 is 0 Å². The molecule has 28 heavy (non-hydrogen) atoms. The van der Waals surface area contributed by atoms with E-state index in [1.54, 1.807) is 25.2 Å². The zero-order valence-corrected chi connectivity index (χ0v) is 16.5. The Morgan fingerprint density at radius 1 is 1.25 bits per heavy atom. The number of thiophene rings is 1. The molecular weight excluding hydrogens is 396 g/mol. The standard InChI is InChI=1S/C18H16N6O2S2/c1-24(8-14-21-13-6-7-27-15(13)16(25)22-14)17(26)12-4-2-11(3-5-12)9-28-18-19-10-20-23-18/h2-7,10H,8-9H2,1H3,(H,19,20,23)(H,21,22,25). The first-order chi connectivity index (χ1) is 13.6. The van der Waals surface area contributed by atoms with Gasteiger partial charge in [-0.15, -0.1) is 11.3 Å². The zero-order chi connectivity index (χ0) is 19.5. The fraction of sp³-hybridized carbons (Fsp3) is 0.167. The summed E-state index contributed by atoms with van der Waals surface area (Å²) in [5, 5.41) is 9.19. The number of aromatic amines is 2. The van der Waals surface area contributed by atoms with Crippen molar-refractivity contribution >= 4 is 39.2 Å². The predicted octanol–water partition coefficient (Wildman–Crippen LogP) is 2.67. The van der Waals surface area contributed by atoms with Crippen molar-refractivity contribution in [1.29, 1.82) is 0 Å². The van der Waals surface area contributed by atoms with Crippen LogP contribution in [0.1, 0.15) is 21.7 Å². The number of carbonyl (C=O) groups excluding carboxylic acids is 1. The molecule has 0 radical (unpaired) electrons. The van der Waals surface area contributed by atoms with Crippen molar-refractivity contribution in [2.45, 2.75) is 17.5 Å². The smallest absolute Gasteiger partial charge is 0.268 e. The van der Waals surface area contributed by atoms with Gasteiger partial charge in [0, 0.05) is 18.4 Å². The molecule has 0 unspecified atom stereocenters. The highest BCUT2D eigenvalue weighted by molar-refractivity contribution is 7.98. The van der Waals surface area contributed by atoms with Crippen molar-refractivity contribution in [3.8, 4) is 0 Å². The molecule has 10 heteroatoms. The van der Waals surface area contributed by atoms with Crippen LogP contribution in [0.5, 0.6) is 0 Å². The van der Waals surface area contributed by atoms with Crippen LogP contribution < -0.4 is 5.56 Å². The van der Waals surface area contributed by atoms with Crippen molar-refractivity contribution in [1.82, 2.24) is 30.0 Å². The predicted molar refractivity (Wildman–Crippen MR) is 108 cm³/mol. The Bertz CT molecular complexity index is 1150. The van der Waals surface area contributed by atoms with Crippen molar-refractivity contribution in [3.63, 3.8) is 0 Å². The van der Waals surface area contributed by atoms with E-state index in [2.05, 4.69) is 25.1 Å². The lowest BCUT2D eigenvalue weighted by Gasteiger charge is -2.16. The summed E-state index contributed by atoms with van der Waals surface area (Å²) >= 11 is 2.89. The number of fused-ring (bicyclic) bond motifs is 1. The maximum Gasteiger partial charge on any atom is 0.268 e. The largest absolute Gasteiger partial charge is 0.334 e. The Hall–Kier alpha value is -2.98. The lowest BCUT2D eigenvalue weighted by molar-refractivity contribution is 0.0781. The number of hydrogen-bond acceptors (Lipinski definition) is 7. The third-order valence-electron chi connectivity index (χ3n) is 4.07. The summed E-state index contributed by atoms with van der Waals surface area (Å²) in [6, 6.07) is 9.24. The van der Waals surface area contributed by atoms with E-state index < -0.39 is 0 Å². The highest BCUT2D eigenvalue weighted by Crippen LogP contribution is 2.19. The normalized spacial score (nSPS) is 11.0. The Morgan fingerprint density at radius 3 is 2.82 bits per heavy atom. The number of amides is 1. The van der Waals surface area contributed by atoms with Crippen LogP contribution in [-0.4, -0.2) is 43.0 Å². The molecule has 0 spiro atoms. The molecule has 8 nitrogen and oxygen atoms in total. The van der Waals surface area contributed by atoms with Crippen molar-refractivity contribution in [2.75, 3.05) is 7.05 Å². The Kier molecular flexibility index (Phi) is 5.22. The quantitative estimate of drug-likeness (QED) is 0.472. The monoisotopic (exact) mass is 412 g/mol. The van der Waals surface area contributed by atoms with Gasteiger partial charge in [-0.1, -0.05) is 23.9 Å². The number of rotatable bonds is 6. The van der Waals surface area contributed by atoms with Crippen molar-refractivity contribution in [3.05, 3.63) is 69.3 Å². The summed E-state index contributed by atoms with van der Waals surface area (Å²) in [6.07, 6.45) is 1.47. The minimum absolute atomic E-state index is 0.137. The second kappa shape index (κ2) is 7.95. The molecule has 0 aliphatic rings. The number of thioether (sulfide) groups is 1. The fourth-order valence-electron chi connectivity index (χ4n) is 2.67. The van der Waals surface area contributed by atoms with E-state index in [0.717, 1.165) is 16.5 Å². The maximum atomic E-state index is 12.7. The molecule has 0 bridgehead atoms. The molecule has 0 saturated heterocycles. The van der Waals surface area contributed by atoms with Gasteiger partial charge in [-0.3, -0.25) is 14.7 Å². The summed E-state index contributed by atoms with van der Waals surface area (Å²) in [6.45, 7) is 0.225. The van der Waals surface area contributed by atoms with Gasteiger partial charge < -0.3 is 9.88 Å². The topological polar surface area (TPSA) is 108 Å². The number of aromatic nitrogens is 5. The molecule has 142 valence electrons. The van der Waals surface area contributed by atoms with Crippen LogP contribution in [0.2, 0.25) is 0 Å². The zero-order valence-electron chi connectivity index (χ0n) is 14.9. The Morgan fingerprint density at radius 2 is 2.07 bits per heavy atom. The van der Waals surface area contributed by atoms with E-state index in [0.29, 0.717) is 21.6 Å². The molecule has 4 rings (SSSR count). The van der Waals surface area contributed by atoms with Gasteiger partial charge in [0.05, 0.1) is 12.1 Å². The minimum Gasteiger partial charge on any atom is -0.334 e. The molecule has 0 aliphatic carbocycles. The second-order valence-electron chi connectivity index (χ2n) is 6.09. The van der Waals surface area contributed by atoms with E-state index in [1.165, 1.54) is 34.3 Å².